The molecule has 0 aliphatic rings. The number of nitrogens with zero attached hydrogens (tertiary/aromatic N) is 1. The number of aromatic nitrogens is 1. The first-order valence-electron chi connectivity index (χ1n) is 7.13. The molecule has 0 aliphatic heterocycles. The van der Waals surface area contributed by atoms with Crippen LogP contribution < -0.4 is 10.6 Å². The highest BCUT2D eigenvalue weighted by molar-refractivity contribution is 5.77. The lowest BCUT2D eigenvalue weighted by atomic mass is 10.2. The Hall–Kier alpha value is -2.31. The monoisotopic (exact) mass is 309 g/mol. The van der Waals surface area contributed by atoms with E-state index in [1.165, 1.54) is 6.20 Å². The van der Waals surface area contributed by atoms with Gasteiger partial charge in [-0.3, -0.25) is 9.78 Å². The SMILES string of the molecule is CC(C)(C)OC(=O)NCCC(=O)NCCc1cncc(O)c1. The smallest absolute Gasteiger partial charge is 0.407 e. The maximum absolute atomic E-state index is 11.6. The summed E-state index contributed by atoms with van der Waals surface area (Å²) in [6, 6.07) is 1.60. The van der Waals surface area contributed by atoms with Gasteiger partial charge in [-0.05, 0) is 38.8 Å². The molecule has 0 spiro atoms. The van der Waals surface area contributed by atoms with Crippen molar-refractivity contribution in [2.24, 2.45) is 0 Å². The molecule has 0 unspecified atom stereocenters. The third-order valence-electron chi connectivity index (χ3n) is 2.54. The van der Waals surface area contributed by atoms with Gasteiger partial charge in [-0.25, -0.2) is 4.79 Å². The summed E-state index contributed by atoms with van der Waals surface area (Å²) in [5.41, 5.74) is 0.286. The van der Waals surface area contributed by atoms with Crippen molar-refractivity contribution in [3.63, 3.8) is 0 Å². The molecule has 0 bridgehead atoms. The molecule has 1 heterocycles. The van der Waals surface area contributed by atoms with Crippen molar-refractivity contribution in [3.05, 3.63) is 24.0 Å². The first kappa shape index (κ1) is 17.7. The van der Waals surface area contributed by atoms with Gasteiger partial charge in [0, 0.05) is 25.7 Å². The summed E-state index contributed by atoms with van der Waals surface area (Å²) < 4.78 is 5.06. The van der Waals surface area contributed by atoms with Gasteiger partial charge < -0.3 is 20.5 Å². The van der Waals surface area contributed by atoms with Crippen LogP contribution in [-0.4, -0.2) is 40.8 Å². The van der Waals surface area contributed by atoms with Gasteiger partial charge in [-0.15, -0.1) is 0 Å². The Bertz CT molecular complexity index is 512. The number of nitrogens with one attached hydrogen (secondary N) is 2. The number of carbonyl (C=O) groups is 2. The lowest BCUT2D eigenvalue weighted by Crippen LogP contribution is -2.35. The Morgan fingerprint density at radius 3 is 2.59 bits per heavy atom. The standard InChI is InChI=1S/C15H23N3O4/c1-15(2,3)22-14(21)18-7-5-13(20)17-6-4-11-8-12(19)10-16-9-11/h8-10,19H,4-7H2,1-3H3,(H,17,20)(H,18,21). The third kappa shape index (κ3) is 8.08. The van der Waals surface area contributed by atoms with E-state index in [9.17, 15) is 14.7 Å². The summed E-state index contributed by atoms with van der Waals surface area (Å²) in [5.74, 6) is -0.0606. The summed E-state index contributed by atoms with van der Waals surface area (Å²) >= 11 is 0. The van der Waals surface area contributed by atoms with Gasteiger partial charge in [-0.2, -0.15) is 0 Å². The summed E-state index contributed by atoms with van der Waals surface area (Å²) in [4.78, 5) is 26.8. The number of amides is 2. The molecule has 7 heteroatoms. The Labute approximate surface area is 130 Å². The van der Waals surface area contributed by atoms with Gasteiger partial charge >= 0.3 is 6.09 Å². The van der Waals surface area contributed by atoms with E-state index in [2.05, 4.69) is 15.6 Å². The zero-order valence-electron chi connectivity index (χ0n) is 13.2. The minimum Gasteiger partial charge on any atom is -0.506 e. The summed E-state index contributed by atoms with van der Waals surface area (Å²) in [6.45, 7) is 5.98. The molecule has 0 aliphatic carbocycles. The van der Waals surface area contributed by atoms with E-state index in [1.54, 1.807) is 33.0 Å². The fraction of sp³-hybridized carbons (Fsp3) is 0.533. The molecule has 0 saturated heterocycles. The van der Waals surface area contributed by atoms with Crippen molar-refractivity contribution < 1.29 is 19.4 Å². The molecule has 122 valence electrons. The number of hydrogen-bond donors (Lipinski definition) is 3. The van der Waals surface area contributed by atoms with Crippen LogP contribution in [0.5, 0.6) is 5.75 Å². The lowest BCUT2D eigenvalue weighted by Gasteiger charge is -2.19. The first-order valence-corrected chi connectivity index (χ1v) is 7.13. The third-order valence-corrected chi connectivity index (χ3v) is 2.54. The van der Waals surface area contributed by atoms with Crippen molar-refractivity contribution in [3.8, 4) is 5.75 Å². The van der Waals surface area contributed by atoms with E-state index in [0.717, 1.165) is 5.56 Å². The van der Waals surface area contributed by atoms with Crippen LogP contribution in [0.1, 0.15) is 32.8 Å². The number of rotatable bonds is 6. The number of pyridine rings is 1. The van der Waals surface area contributed by atoms with E-state index < -0.39 is 11.7 Å². The topological polar surface area (TPSA) is 101 Å². The fourth-order valence-corrected chi connectivity index (χ4v) is 1.64. The Morgan fingerprint density at radius 1 is 1.23 bits per heavy atom. The van der Waals surface area contributed by atoms with Gasteiger partial charge in [0.2, 0.25) is 5.91 Å². The van der Waals surface area contributed by atoms with Crippen molar-refractivity contribution in [2.75, 3.05) is 13.1 Å². The van der Waals surface area contributed by atoms with Gasteiger partial charge in [0.25, 0.3) is 0 Å². The van der Waals surface area contributed by atoms with Gasteiger partial charge in [-0.1, -0.05) is 0 Å². The Kier molecular flexibility index (Phi) is 6.62. The van der Waals surface area contributed by atoms with Crippen LogP contribution in [0, 0.1) is 0 Å². The van der Waals surface area contributed by atoms with Crippen LogP contribution >= 0.6 is 0 Å². The number of aromatic hydroxyl groups is 1. The number of hydrogen-bond acceptors (Lipinski definition) is 5. The van der Waals surface area contributed by atoms with Crippen LogP contribution in [0.3, 0.4) is 0 Å². The Morgan fingerprint density at radius 2 is 1.95 bits per heavy atom. The van der Waals surface area contributed by atoms with E-state index in [1.807, 2.05) is 0 Å². The molecule has 7 nitrogen and oxygen atoms in total. The van der Waals surface area contributed by atoms with E-state index >= 15 is 0 Å². The molecule has 2 amide bonds. The minimum absolute atomic E-state index is 0.102. The maximum atomic E-state index is 11.6. The van der Waals surface area contributed by atoms with Crippen LogP contribution in [0.15, 0.2) is 18.5 Å². The predicted octanol–water partition coefficient (Wildman–Crippen LogP) is 1.36. The van der Waals surface area contributed by atoms with E-state index in [0.29, 0.717) is 13.0 Å². The Balaban J connectivity index is 2.15. The molecule has 3 N–H and O–H groups in total. The van der Waals surface area contributed by atoms with Crippen LogP contribution in [0.4, 0.5) is 4.79 Å². The summed E-state index contributed by atoms with van der Waals surface area (Å²) in [6.07, 6.45) is 3.20. The largest absolute Gasteiger partial charge is 0.506 e. The quantitative estimate of drug-likeness (QED) is 0.736. The van der Waals surface area contributed by atoms with Gasteiger partial charge in [0.05, 0.1) is 6.20 Å². The number of carbonyl (C=O) groups excluding carboxylic acids is 2. The molecular weight excluding hydrogens is 286 g/mol. The van der Waals surface area contributed by atoms with Crippen LogP contribution in [-0.2, 0) is 16.0 Å². The highest BCUT2D eigenvalue weighted by atomic mass is 16.6. The number of ether oxygens (including phenoxy) is 1. The van der Waals surface area contributed by atoms with Crippen molar-refractivity contribution in [2.45, 2.75) is 39.2 Å². The van der Waals surface area contributed by atoms with Crippen molar-refractivity contribution >= 4 is 12.0 Å². The molecule has 0 aromatic carbocycles. The highest BCUT2D eigenvalue weighted by Gasteiger charge is 2.15. The average molecular weight is 309 g/mol. The summed E-state index contributed by atoms with van der Waals surface area (Å²) in [5, 5.41) is 14.5. The van der Waals surface area contributed by atoms with Crippen molar-refractivity contribution in [1.29, 1.82) is 0 Å². The normalized spacial score (nSPS) is 10.9. The summed E-state index contributed by atoms with van der Waals surface area (Å²) in [7, 11) is 0. The van der Waals surface area contributed by atoms with Crippen molar-refractivity contribution in [1.82, 2.24) is 15.6 Å². The second kappa shape index (κ2) is 8.21. The van der Waals surface area contributed by atoms with Crippen LogP contribution in [0.2, 0.25) is 0 Å². The first-order chi connectivity index (χ1) is 10.3. The van der Waals surface area contributed by atoms with E-state index in [4.69, 9.17) is 4.74 Å². The lowest BCUT2D eigenvalue weighted by molar-refractivity contribution is -0.120. The van der Waals surface area contributed by atoms with Gasteiger partial charge in [0.1, 0.15) is 11.4 Å². The molecule has 0 atom stereocenters. The molecule has 1 aromatic rings. The van der Waals surface area contributed by atoms with Crippen LogP contribution in [0.25, 0.3) is 0 Å². The minimum atomic E-state index is -0.554. The molecule has 0 radical (unpaired) electrons. The molecule has 1 rings (SSSR count). The zero-order chi connectivity index (χ0) is 16.6. The zero-order valence-corrected chi connectivity index (χ0v) is 13.2. The predicted molar refractivity (Wildman–Crippen MR) is 81.5 cm³/mol. The molecule has 22 heavy (non-hydrogen) atoms. The maximum Gasteiger partial charge on any atom is 0.407 e. The highest BCUT2D eigenvalue weighted by Crippen LogP contribution is 2.08. The molecular formula is C15H23N3O4. The second-order valence-corrected chi connectivity index (χ2v) is 5.83. The second-order valence-electron chi connectivity index (χ2n) is 5.83. The molecule has 1 aromatic heterocycles. The van der Waals surface area contributed by atoms with Gasteiger partial charge in [0.15, 0.2) is 0 Å². The fourth-order valence-electron chi connectivity index (χ4n) is 1.64. The molecule has 0 fully saturated rings. The number of alkyl carbamates (subject to hydrolysis) is 1. The molecule has 0 saturated carbocycles. The average Bonchev–Trinajstić information content (AvgIpc) is 2.36. The van der Waals surface area contributed by atoms with E-state index in [-0.39, 0.29) is 24.6 Å².